The predicted molar refractivity (Wildman–Crippen MR) is 112 cm³/mol. The number of nitrogens with zero attached hydrogens (tertiary/aromatic N) is 2. The van der Waals surface area contributed by atoms with Crippen LogP contribution in [-0.4, -0.2) is 46.9 Å². The zero-order valence-corrected chi connectivity index (χ0v) is 16.6. The number of likely N-dealkylation sites (tertiary alicyclic amines) is 1. The number of H-pyrrole nitrogens is 1. The van der Waals surface area contributed by atoms with E-state index in [0.29, 0.717) is 36.1 Å². The Kier molecular flexibility index (Phi) is 5.47. The number of fused-ring (bicyclic) bond motifs is 1. The lowest BCUT2D eigenvalue weighted by Crippen LogP contribution is -2.30. The maximum atomic E-state index is 12.7. The number of aromatic nitrogens is 2. The van der Waals surface area contributed by atoms with Crippen molar-refractivity contribution in [2.24, 2.45) is 5.92 Å². The van der Waals surface area contributed by atoms with Gasteiger partial charge in [-0.1, -0.05) is 18.2 Å². The van der Waals surface area contributed by atoms with Crippen LogP contribution in [0.4, 0.5) is 5.69 Å². The number of hydrogen-bond acceptors (Lipinski definition) is 5. The number of nitrogens with one attached hydrogen (secondary N) is 2. The molecule has 1 fully saturated rings. The molecule has 0 spiro atoms. The molecule has 1 aromatic heterocycles. The highest BCUT2D eigenvalue weighted by Crippen LogP contribution is 2.23. The molecule has 0 aliphatic carbocycles. The first kappa shape index (κ1) is 19.6. The number of rotatable bonds is 6. The first-order valence-electron chi connectivity index (χ1n) is 9.73. The molecule has 2 heterocycles. The highest BCUT2D eigenvalue weighted by atomic mass is 16.5. The predicted octanol–water partition coefficient (Wildman–Crippen LogP) is 1.96. The molecule has 8 heteroatoms. The molecular formula is C22H22N4O4. The van der Waals surface area contributed by atoms with E-state index in [-0.39, 0.29) is 23.8 Å². The molecule has 2 amide bonds. The molecule has 1 aliphatic heterocycles. The maximum absolute atomic E-state index is 12.7. The molecule has 3 aromatic rings. The van der Waals surface area contributed by atoms with E-state index in [2.05, 4.69) is 15.3 Å². The minimum atomic E-state index is -0.432. The van der Waals surface area contributed by atoms with Gasteiger partial charge in [-0.2, -0.15) is 0 Å². The first-order chi connectivity index (χ1) is 14.5. The smallest absolute Gasteiger partial charge is 0.258 e. The summed E-state index contributed by atoms with van der Waals surface area (Å²) < 4.78 is 5.36. The second-order valence-corrected chi connectivity index (χ2v) is 7.26. The average molecular weight is 406 g/mol. The maximum Gasteiger partial charge on any atom is 0.258 e. The van der Waals surface area contributed by atoms with Crippen LogP contribution in [-0.2, 0) is 16.0 Å². The van der Waals surface area contributed by atoms with E-state index in [1.807, 2.05) is 24.3 Å². The van der Waals surface area contributed by atoms with Gasteiger partial charge in [0, 0.05) is 25.2 Å². The van der Waals surface area contributed by atoms with Gasteiger partial charge in [0.1, 0.15) is 5.75 Å². The number of aromatic amines is 1. The Morgan fingerprint density at radius 3 is 2.93 bits per heavy atom. The van der Waals surface area contributed by atoms with Gasteiger partial charge >= 0.3 is 0 Å². The average Bonchev–Trinajstić information content (AvgIpc) is 3.14. The van der Waals surface area contributed by atoms with Crippen molar-refractivity contribution in [3.63, 3.8) is 0 Å². The van der Waals surface area contributed by atoms with Gasteiger partial charge in [-0.3, -0.25) is 14.4 Å². The van der Waals surface area contributed by atoms with E-state index in [1.165, 1.54) is 6.33 Å². The van der Waals surface area contributed by atoms with Crippen molar-refractivity contribution in [1.82, 2.24) is 14.9 Å². The number of carbonyl (C=O) groups excluding carboxylic acids is 2. The largest absolute Gasteiger partial charge is 0.496 e. The van der Waals surface area contributed by atoms with Crippen LogP contribution < -0.4 is 15.6 Å². The Balaban J connectivity index is 1.39. The lowest BCUT2D eigenvalue weighted by atomic mass is 10.1. The molecule has 0 radical (unpaired) electrons. The summed E-state index contributed by atoms with van der Waals surface area (Å²) in [7, 11) is 1.62. The fourth-order valence-corrected chi connectivity index (χ4v) is 3.72. The summed E-state index contributed by atoms with van der Waals surface area (Å²) in [4.78, 5) is 45.3. The number of hydrogen-bond donors (Lipinski definition) is 2. The van der Waals surface area contributed by atoms with Crippen molar-refractivity contribution < 1.29 is 14.3 Å². The standard InChI is InChI=1S/C22H22N4O4/c1-30-19-5-3-2-4-14(19)8-9-26-12-15(10-20(26)27)21(28)25-16-6-7-18-17(11-16)22(29)24-13-23-18/h2-7,11,13,15H,8-10,12H2,1H3,(H,25,28)(H,23,24,29). The number of ether oxygens (including phenoxy) is 1. The molecule has 1 atom stereocenters. The Labute approximate surface area is 172 Å². The summed E-state index contributed by atoms with van der Waals surface area (Å²) in [5, 5.41) is 3.22. The first-order valence-corrected chi connectivity index (χ1v) is 9.73. The summed E-state index contributed by atoms with van der Waals surface area (Å²) in [5.74, 6) is 0.0873. The lowest BCUT2D eigenvalue weighted by molar-refractivity contribution is -0.128. The van der Waals surface area contributed by atoms with Crippen LogP contribution in [0.1, 0.15) is 12.0 Å². The third-order valence-corrected chi connectivity index (χ3v) is 5.34. The van der Waals surface area contributed by atoms with Crippen molar-refractivity contribution in [2.75, 3.05) is 25.5 Å². The monoisotopic (exact) mass is 406 g/mol. The fraction of sp³-hybridized carbons (Fsp3) is 0.273. The minimum Gasteiger partial charge on any atom is -0.496 e. The molecule has 1 aliphatic rings. The van der Waals surface area contributed by atoms with E-state index in [9.17, 15) is 14.4 Å². The summed E-state index contributed by atoms with van der Waals surface area (Å²) in [6.07, 6.45) is 2.17. The zero-order chi connectivity index (χ0) is 21.1. The van der Waals surface area contributed by atoms with Crippen LogP contribution in [0.3, 0.4) is 0 Å². The molecule has 1 unspecified atom stereocenters. The normalized spacial score (nSPS) is 16.1. The van der Waals surface area contributed by atoms with Gasteiger partial charge in [-0.25, -0.2) is 4.98 Å². The van der Waals surface area contributed by atoms with Gasteiger partial charge in [0.15, 0.2) is 0 Å². The molecule has 2 N–H and O–H groups in total. The fourth-order valence-electron chi connectivity index (χ4n) is 3.72. The molecule has 8 nitrogen and oxygen atoms in total. The van der Waals surface area contributed by atoms with Crippen LogP contribution in [0, 0.1) is 5.92 Å². The molecule has 30 heavy (non-hydrogen) atoms. The highest BCUT2D eigenvalue weighted by molar-refractivity contribution is 5.98. The van der Waals surface area contributed by atoms with Crippen LogP contribution in [0.5, 0.6) is 5.75 Å². The van der Waals surface area contributed by atoms with E-state index in [1.54, 1.807) is 30.2 Å². The third kappa shape index (κ3) is 4.03. The van der Waals surface area contributed by atoms with Gasteiger partial charge in [0.05, 0.1) is 30.3 Å². The van der Waals surface area contributed by atoms with Crippen LogP contribution in [0.15, 0.2) is 53.6 Å². The van der Waals surface area contributed by atoms with Crippen molar-refractivity contribution in [3.8, 4) is 5.75 Å². The number of benzene rings is 2. The number of methoxy groups -OCH3 is 1. The highest BCUT2D eigenvalue weighted by Gasteiger charge is 2.34. The lowest BCUT2D eigenvalue weighted by Gasteiger charge is -2.17. The van der Waals surface area contributed by atoms with Crippen LogP contribution >= 0.6 is 0 Å². The number of amides is 2. The number of anilines is 1. The molecule has 1 saturated heterocycles. The van der Waals surface area contributed by atoms with E-state index in [4.69, 9.17) is 4.74 Å². The summed E-state index contributed by atoms with van der Waals surface area (Å²) in [6.45, 7) is 0.898. The molecule has 154 valence electrons. The van der Waals surface area contributed by atoms with Crippen molar-refractivity contribution in [3.05, 3.63) is 64.7 Å². The Hall–Kier alpha value is -3.68. The van der Waals surface area contributed by atoms with Crippen molar-refractivity contribution in [1.29, 1.82) is 0 Å². The third-order valence-electron chi connectivity index (χ3n) is 5.34. The van der Waals surface area contributed by atoms with E-state index < -0.39 is 5.92 Å². The Morgan fingerprint density at radius 2 is 2.10 bits per heavy atom. The molecule has 4 rings (SSSR count). The Morgan fingerprint density at radius 1 is 1.27 bits per heavy atom. The van der Waals surface area contributed by atoms with Gasteiger partial charge in [0.25, 0.3) is 5.56 Å². The van der Waals surface area contributed by atoms with E-state index >= 15 is 0 Å². The van der Waals surface area contributed by atoms with Gasteiger partial charge in [-0.15, -0.1) is 0 Å². The SMILES string of the molecule is COc1ccccc1CCN1CC(C(=O)Nc2ccc3nc[nH]c(=O)c3c2)CC1=O. The summed E-state index contributed by atoms with van der Waals surface area (Å²) in [5.41, 5.74) is 1.81. The Bertz CT molecular complexity index is 1160. The molecular weight excluding hydrogens is 384 g/mol. The van der Waals surface area contributed by atoms with Crippen molar-refractivity contribution >= 4 is 28.4 Å². The van der Waals surface area contributed by atoms with Crippen molar-refractivity contribution in [2.45, 2.75) is 12.8 Å². The van der Waals surface area contributed by atoms with Crippen LogP contribution in [0.2, 0.25) is 0 Å². The van der Waals surface area contributed by atoms with Gasteiger partial charge in [0.2, 0.25) is 11.8 Å². The van der Waals surface area contributed by atoms with Gasteiger partial charge in [-0.05, 0) is 36.2 Å². The quantitative estimate of drug-likeness (QED) is 0.651. The number of carbonyl (C=O) groups is 2. The zero-order valence-electron chi connectivity index (χ0n) is 16.6. The number of para-hydroxylation sites is 1. The van der Waals surface area contributed by atoms with Gasteiger partial charge < -0.3 is 19.9 Å². The molecule has 0 bridgehead atoms. The summed E-state index contributed by atoms with van der Waals surface area (Å²) in [6, 6.07) is 12.7. The second-order valence-electron chi connectivity index (χ2n) is 7.26. The van der Waals surface area contributed by atoms with Crippen LogP contribution in [0.25, 0.3) is 10.9 Å². The molecule has 0 saturated carbocycles. The molecule has 2 aromatic carbocycles. The minimum absolute atomic E-state index is 0.0378. The van der Waals surface area contributed by atoms with E-state index in [0.717, 1.165) is 11.3 Å². The second kappa shape index (κ2) is 8.36. The summed E-state index contributed by atoms with van der Waals surface area (Å²) >= 11 is 0. The topological polar surface area (TPSA) is 104 Å².